The average molecular weight is 803 g/mol. The van der Waals surface area contributed by atoms with Crippen molar-refractivity contribution in [2.45, 2.75) is 6.54 Å². The summed E-state index contributed by atoms with van der Waals surface area (Å²) in [6, 6.07) is 20.5. The van der Waals surface area contributed by atoms with E-state index in [0.717, 1.165) is 58.2 Å². The third-order valence-corrected chi connectivity index (χ3v) is 11.5. The Balaban J connectivity index is 1.33. The minimum Gasteiger partial charge on any atom is -0.395 e. The molecule has 0 fully saturated rings. The molecule has 2 aromatic carbocycles. The van der Waals surface area contributed by atoms with Gasteiger partial charge in [0.25, 0.3) is 0 Å². The number of aliphatic imine (C=N–C) groups is 1. The number of aryl methyl sites for hydroxylation is 1. The molecule has 0 unspecified atom stereocenters. The molecule has 3 rings (SSSR count). The molecule has 0 saturated carbocycles. The number of nitrogens with zero attached hydrogens (tertiary/aromatic N) is 4. The summed E-state index contributed by atoms with van der Waals surface area (Å²) in [5.74, 6) is 1.96. The Kier molecular flexibility index (Phi) is 20.0. The Labute approximate surface area is 303 Å². The number of aromatic nitrogens is 1. The predicted molar refractivity (Wildman–Crippen MR) is 202 cm³/mol. The van der Waals surface area contributed by atoms with E-state index in [1.165, 1.54) is 0 Å². The van der Waals surface area contributed by atoms with Crippen molar-refractivity contribution in [2.75, 3.05) is 70.1 Å². The number of halogens is 1. The second-order valence-electron chi connectivity index (χ2n) is 10.3. The number of benzene rings is 2. The molecular weight excluding hydrogens is 755 g/mol. The van der Waals surface area contributed by atoms with Gasteiger partial charge in [0, 0.05) is 36.7 Å². The van der Waals surface area contributed by atoms with E-state index in [-0.39, 0.29) is 24.4 Å². The first-order valence-corrected chi connectivity index (χ1v) is 20.8. The van der Waals surface area contributed by atoms with Crippen LogP contribution in [-0.2, 0) is 6.54 Å². The number of rotatable bonds is 23. The molecule has 1 aromatic heterocycles. The van der Waals surface area contributed by atoms with Gasteiger partial charge < -0.3 is 15.1 Å². The van der Waals surface area contributed by atoms with Gasteiger partial charge in [-0.3, -0.25) is 0 Å². The van der Waals surface area contributed by atoms with Crippen LogP contribution in [0, 0.1) is 0 Å². The monoisotopic (exact) mass is 802 g/mol. The third-order valence-electron chi connectivity index (χ3n) is 6.95. The van der Waals surface area contributed by atoms with E-state index < -0.39 is 21.5 Å². The third kappa shape index (κ3) is 15.1. The van der Waals surface area contributed by atoms with E-state index in [4.69, 9.17) is 0 Å². The van der Waals surface area contributed by atoms with Crippen LogP contribution in [0.1, 0.15) is 16.7 Å². The number of aliphatic hydroxyl groups excluding tert-OH is 4. The number of alkyl halides is 1. The molecule has 0 bridgehead atoms. The van der Waals surface area contributed by atoms with Gasteiger partial charge in [-0.15, -0.1) is 0 Å². The van der Waals surface area contributed by atoms with E-state index in [2.05, 4.69) is 55.9 Å². The van der Waals surface area contributed by atoms with Crippen LogP contribution in [0.25, 0.3) is 18.2 Å². The van der Waals surface area contributed by atoms with Crippen LogP contribution >= 0.6 is 21.6 Å². The van der Waals surface area contributed by atoms with Crippen LogP contribution in [0.15, 0.2) is 108 Å². The van der Waals surface area contributed by atoms with Gasteiger partial charge in [0.2, 0.25) is 0 Å². The van der Waals surface area contributed by atoms with Gasteiger partial charge in [0.15, 0.2) is 18.9 Å². The molecule has 0 spiro atoms. The van der Waals surface area contributed by atoms with Gasteiger partial charge in [0.05, 0.1) is 19.0 Å². The average Bonchev–Trinajstić information content (AvgIpc) is 3.12. The van der Waals surface area contributed by atoms with Crippen LogP contribution in [-0.4, -0.2) is 88.8 Å². The van der Waals surface area contributed by atoms with E-state index in [1.807, 2.05) is 106 Å². The summed E-state index contributed by atoms with van der Waals surface area (Å²) in [6.07, 6.45) is 18.1. The van der Waals surface area contributed by atoms with Crippen LogP contribution in [0.2, 0.25) is 0 Å². The molecule has 48 heavy (non-hydrogen) atoms. The molecule has 0 aliphatic rings. The van der Waals surface area contributed by atoms with Crippen LogP contribution in [0.3, 0.4) is 0 Å². The fourth-order valence-corrected chi connectivity index (χ4v) is 7.93. The Morgan fingerprint density at radius 2 is 1.33 bits per heavy atom. The molecule has 4 N–H and O–H groups in total. The number of aliphatic hydroxyl groups is 4. The molecule has 0 atom stereocenters. The molecule has 0 amide bonds. The number of hydrogen-bond donors (Lipinski definition) is 4. The molecule has 258 valence electrons. The summed E-state index contributed by atoms with van der Waals surface area (Å²) in [5, 5.41) is 37.1. The van der Waals surface area contributed by atoms with Crippen molar-refractivity contribution < 1.29 is 46.5 Å². The van der Waals surface area contributed by atoms with Gasteiger partial charge in [0.1, 0.15) is 0 Å². The minimum atomic E-state index is -0.532. The van der Waals surface area contributed by atoms with Crippen molar-refractivity contribution in [3.8, 4) is 0 Å². The Morgan fingerprint density at radius 1 is 0.750 bits per heavy atom. The van der Waals surface area contributed by atoms with Crippen molar-refractivity contribution in [3.05, 3.63) is 120 Å². The van der Waals surface area contributed by atoms with Crippen molar-refractivity contribution in [1.82, 2.24) is 0 Å². The molecule has 1 heterocycles. The Bertz CT molecular complexity index is 1440. The second kappa shape index (κ2) is 24.3. The van der Waals surface area contributed by atoms with E-state index in [9.17, 15) is 20.4 Å². The Morgan fingerprint density at radius 3 is 1.94 bits per heavy atom. The fourth-order valence-electron chi connectivity index (χ4n) is 4.43. The van der Waals surface area contributed by atoms with Gasteiger partial charge in [-0.2, -0.15) is 0 Å². The number of pyridine rings is 1. The van der Waals surface area contributed by atoms with Gasteiger partial charge in [-0.1, -0.05) is 45.9 Å². The summed E-state index contributed by atoms with van der Waals surface area (Å²) in [4.78, 5) is 6.49. The first-order chi connectivity index (χ1) is 23.6. The molecule has 0 aliphatic carbocycles. The van der Waals surface area contributed by atoms with E-state index in [1.54, 1.807) is 0 Å². The summed E-state index contributed by atoms with van der Waals surface area (Å²) in [5.41, 5.74) is 6.28. The first kappa shape index (κ1) is 39.5. The van der Waals surface area contributed by atoms with Crippen molar-refractivity contribution >= 4 is 57.4 Å². The minimum absolute atomic E-state index is 0.0540. The molecule has 0 radical (unpaired) electrons. The van der Waals surface area contributed by atoms with E-state index in [0.29, 0.717) is 19.6 Å². The molecular formula is C37H47IN4O4S2. The zero-order valence-corrected chi connectivity index (χ0v) is 31.0. The quantitative estimate of drug-likeness (QED) is 0.0169. The number of hydrogen-bond acceptors (Lipinski definition) is 9. The van der Waals surface area contributed by atoms with Crippen molar-refractivity contribution in [1.29, 1.82) is 0 Å². The van der Waals surface area contributed by atoms with E-state index >= 15 is 0 Å². The molecule has 3 aromatic rings. The first-order valence-electron chi connectivity index (χ1n) is 15.8. The zero-order chi connectivity index (χ0) is 34.2. The zero-order valence-electron chi connectivity index (χ0n) is 27.2. The topological polar surface area (TPSA) is 104 Å². The second-order valence-corrected chi connectivity index (χ2v) is 15.5. The molecule has 0 aliphatic heterocycles. The molecule has 8 nitrogen and oxygen atoms in total. The van der Waals surface area contributed by atoms with Gasteiger partial charge in [-0.25, -0.2) is 4.57 Å². The maximum absolute atomic E-state index is 9.29. The predicted octanol–water partition coefficient (Wildman–Crippen LogP) is 1.97. The Hall–Kier alpha value is -2.91. The summed E-state index contributed by atoms with van der Waals surface area (Å²) >= 11 is -0.532. The van der Waals surface area contributed by atoms with Crippen molar-refractivity contribution in [3.63, 3.8) is 0 Å². The summed E-state index contributed by atoms with van der Waals surface area (Å²) < 4.78 is 4.41. The maximum atomic E-state index is 9.29. The van der Waals surface area contributed by atoms with Gasteiger partial charge in [-0.05, 0) is 23.3 Å². The number of allylic oxidation sites excluding steroid dienone is 4. The fraction of sp³-hybridized carbons (Fsp3) is 0.297. The molecule has 11 heteroatoms. The smallest absolute Gasteiger partial charge is 0.395 e. The van der Waals surface area contributed by atoms with Crippen molar-refractivity contribution in [2.24, 2.45) is 4.99 Å². The SMILES string of the molecule is C=CC(/C=C/c1ccc(N(CCO)[I-]CO)cc1)=C\C=NCCSSCC[n+]1ccc(/C=C/c2ccc(N(CCO)CCO)cc2)cc1. The summed E-state index contributed by atoms with van der Waals surface area (Å²) in [6.45, 7) is 7.32. The summed E-state index contributed by atoms with van der Waals surface area (Å²) in [7, 11) is 3.70. The van der Waals surface area contributed by atoms with Crippen LogP contribution < -0.4 is 34.1 Å². The molecule has 0 saturated heterocycles. The normalized spacial score (nSPS) is 12.1. The van der Waals surface area contributed by atoms with Crippen LogP contribution in [0.5, 0.6) is 0 Å². The van der Waals surface area contributed by atoms with Crippen LogP contribution in [0.4, 0.5) is 11.4 Å². The number of anilines is 2. The van der Waals surface area contributed by atoms with Gasteiger partial charge >= 0.3 is 142 Å². The standard InChI is InChI=1S/C37H47IN4O4S2/c1-2-32(3-4-33-9-13-37(14-10-33)42(24-28-45)38-31-46)15-18-39-19-29-47-48-30-25-40-20-16-35(17-21-40)6-5-34-7-11-36(12-8-34)41(22-26-43)23-27-44/h2-18,20-21,43-46H,1,19,22-31H2/b4-3+,32-15+,39-18?.